The van der Waals surface area contributed by atoms with Gasteiger partial charge >= 0.3 is 0 Å². The maximum atomic E-state index is 6.32. The fourth-order valence-electron chi connectivity index (χ4n) is 2.57. The van der Waals surface area contributed by atoms with Crippen LogP contribution in [0.25, 0.3) is 10.9 Å². The largest absolute Gasteiger partial charge is 0.367 e. The van der Waals surface area contributed by atoms with Crippen molar-refractivity contribution in [2.75, 3.05) is 31.1 Å². The second-order valence-electron chi connectivity index (χ2n) is 4.83. The van der Waals surface area contributed by atoms with E-state index in [2.05, 4.69) is 44.1 Å². The topological polar surface area (TPSA) is 28.2 Å². The minimum absolute atomic E-state index is 0. The van der Waals surface area contributed by atoms with Crippen LogP contribution in [0.1, 0.15) is 5.56 Å². The van der Waals surface area contributed by atoms with E-state index in [4.69, 9.17) is 11.6 Å². The molecule has 1 aliphatic heterocycles. The Morgan fingerprint density at radius 2 is 2.00 bits per heavy atom. The van der Waals surface area contributed by atoms with Crippen molar-refractivity contribution in [1.82, 2.24) is 10.3 Å². The molecule has 2 aromatic rings. The third kappa shape index (κ3) is 2.89. The monoisotopic (exact) mass is 375 g/mol. The number of nitrogens with one attached hydrogen (secondary N) is 1. The second kappa shape index (κ2) is 6.48. The van der Waals surface area contributed by atoms with E-state index in [-0.39, 0.29) is 12.4 Å². The first-order chi connectivity index (χ1) is 9.16. The summed E-state index contributed by atoms with van der Waals surface area (Å²) in [6, 6.07) is 4.13. The Balaban J connectivity index is 0.00000147. The summed E-state index contributed by atoms with van der Waals surface area (Å²) in [6.07, 6.45) is 1.85. The fourth-order valence-corrected chi connectivity index (χ4v) is 3.46. The summed E-state index contributed by atoms with van der Waals surface area (Å²) in [7, 11) is 0. The second-order valence-corrected chi connectivity index (χ2v) is 6.10. The molecule has 3 nitrogen and oxygen atoms in total. The highest BCUT2D eigenvalue weighted by atomic mass is 79.9. The SMILES string of the molecule is Cc1cc(Cl)c2ncc(Br)c(N3CCNCC3)c2c1.Cl. The van der Waals surface area contributed by atoms with Gasteiger partial charge in [0, 0.05) is 37.8 Å². The average molecular weight is 377 g/mol. The van der Waals surface area contributed by atoms with Crippen molar-refractivity contribution < 1.29 is 0 Å². The number of anilines is 1. The van der Waals surface area contributed by atoms with Crippen LogP contribution in [0.5, 0.6) is 0 Å². The third-order valence-corrected chi connectivity index (χ3v) is 4.30. The number of aryl methyl sites for hydroxylation is 1. The molecule has 0 radical (unpaired) electrons. The van der Waals surface area contributed by atoms with Crippen LogP contribution >= 0.6 is 39.9 Å². The summed E-state index contributed by atoms with van der Waals surface area (Å²) in [5.41, 5.74) is 3.25. The molecule has 1 aromatic carbocycles. The third-order valence-electron chi connectivity index (χ3n) is 3.43. The van der Waals surface area contributed by atoms with Crippen molar-refractivity contribution in [3.8, 4) is 0 Å². The van der Waals surface area contributed by atoms with Crippen LogP contribution in [0.2, 0.25) is 5.02 Å². The van der Waals surface area contributed by atoms with Crippen LogP contribution in [-0.2, 0) is 0 Å². The first-order valence-corrected chi connectivity index (χ1v) is 7.54. The van der Waals surface area contributed by atoms with Crippen molar-refractivity contribution in [3.63, 3.8) is 0 Å². The smallest absolute Gasteiger partial charge is 0.0910 e. The highest BCUT2D eigenvalue weighted by Crippen LogP contribution is 2.36. The maximum Gasteiger partial charge on any atom is 0.0910 e. The van der Waals surface area contributed by atoms with E-state index in [9.17, 15) is 0 Å². The van der Waals surface area contributed by atoms with Crippen LogP contribution in [0.4, 0.5) is 5.69 Å². The predicted molar refractivity (Wildman–Crippen MR) is 91.5 cm³/mol. The molecule has 0 amide bonds. The van der Waals surface area contributed by atoms with Gasteiger partial charge < -0.3 is 10.2 Å². The lowest BCUT2D eigenvalue weighted by Gasteiger charge is -2.31. The summed E-state index contributed by atoms with van der Waals surface area (Å²) in [5.74, 6) is 0. The molecule has 0 saturated carbocycles. The summed E-state index contributed by atoms with van der Waals surface area (Å²) in [4.78, 5) is 6.85. The van der Waals surface area contributed by atoms with Gasteiger partial charge in [0.2, 0.25) is 0 Å². The zero-order chi connectivity index (χ0) is 13.4. The first-order valence-electron chi connectivity index (χ1n) is 6.37. The van der Waals surface area contributed by atoms with E-state index in [1.807, 2.05) is 12.3 Å². The van der Waals surface area contributed by atoms with Crippen LogP contribution in [0.3, 0.4) is 0 Å². The Labute approximate surface area is 138 Å². The van der Waals surface area contributed by atoms with Crippen LogP contribution in [-0.4, -0.2) is 31.2 Å². The van der Waals surface area contributed by atoms with Crippen molar-refractivity contribution in [2.24, 2.45) is 0 Å². The van der Waals surface area contributed by atoms with E-state index in [1.54, 1.807) is 0 Å². The molecule has 0 aliphatic carbocycles. The number of halogens is 3. The van der Waals surface area contributed by atoms with E-state index in [0.29, 0.717) is 0 Å². The van der Waals surface area contributed by atoms with E-state index >= 15 is 0 Å². The average Bonchev–Trinajstić information content (AvgIpc) is 2.39. The molecular formula is C14H16BrCl2N3. The van der Waals surface area contributed by atoms with Crippen LogP contribution in [0.15, 0.2) is 22.8 Å². The lowest BCUT2D eigenvalue weighted by molar-refractivity contribution is 0.589. The van der Waals surface area contributed by atoms with Crippen molar-refractivity contribution in [2.45, 2.75) is 6.92 Å². The molecule has 6 heteroatoms. The first kappa shape index (κ1) is 15.8. The van der Waals surface area contributed by atoms with Gasteiger partial charge in [0.1, 0.15) is 0 Å². The van der Waals surface area contributed by atoms with Gasteiger partial charge in [-0.25, -0.2) is 0 Å². The molecule has 0 atom stereocenters. The number of aromatic nitrogens is 1. The van der Waals surface area contributed by atoms with Crippen molar-refractivity contribution in [1.29, 1.82) is 0 Å². The van der Waals surface area contributed by atoms with Gasteiger partial charge in [0.25, 0.3) is 0 Å². The summed E-state index contributed by atoms with van der Waals surface area (Å²) < 4.78 is 1.03. The van der Waals surface area contributed by atoms with Crippen LogP contribution in [0, 0.1) is 6.92 Å². The fraction of sp³-hybridized carbons (Fsp3) is 0.357. The van der Waals surface area contributed by atoms with Crippen molar-refractivity contribution in [3.05, 3.63) is 33.4 Å². The lowest BCUT2D eigenvalue weighted by Crippen LogP contribution is -2.43. The number of hydrogen-bond acceptors (Lipinski definition) is 3. The molecule has 1 aromatic heterocycles. The van der Waals surface area contributed by atoms with E-state index < -0.39 is 0 Å². The summed E-state index contributed by atoms with van der Waals surface area (Å²) in [5, 5.41) is 5.22. The Bertz CT molecular complexity index is 627. The normalized spacial score (nSPS) is 15.2. The number of hydrogen-bond donors (Lipinski definition) is 1. The Morgan fingerprint density at radius 1 is 1.30 bits per heavy atom. The molecule has 0 unspecified atom stereocenters. The molecule has 1 N–H and O–H groups in total. The number of nitrogens with zero attached hydrogens (tertiary/aromatic N) is 2. The van der Waals surface area contributed by atoms with E-state index in [0.717, 1.165) is 52.1 Å². The van der Waals surface area contributed by atoms with Gasteiger partial charge in [-0.2, -0.15) is 0 Å². The molecule has 0 bridgehead atoms. The van der Waals surface area contributed by atoms with Gasteiger partial charge in [0.15, 0.2) is 0 Å². The van der Waals surface area contributed by atoms with Gasteiger partial charge in [-0.1, -0.05) is 11.6 Å². The number of fused-ring (bicyclic) bond motifs is 1. The zero-order valence-corrected chi connectivity index (χ0v) is 14.3. The zero-order valence-electron chi connectivity index (χ0n) is 11.1. The number of rotatable bonds is 1. The summed E-state index contributed by atoms with van der Waals surface area (Å²) in [6.45, 7) is 6.09. The van der Waals surface area contributed by atoms with Crippen molar-refractivity contribution >= 4 is 56.5 Å². The minimum atomic E-state index is 0. The summed E-state index contributed by atoms with van der Waals surface area (Å²) >= 11 is 9.95. The highest BCUT2D eigenvalue weighted by Gasteiger charge is 2.18. The molecule has 3 rings (SSSR count). The predicted octanol–water partition coefficient (Wildman–Crippen LogP) is 3.79. The van der Waals surface area contributed by atoms with Crippen LogP contribution < -0.4 is 10.2 Å². The molecule has 1 fully saturated rings. The molecule has 2 heterocycles. The number of piperazine rings is 1. The number of pyridine rings is 1. The molecule has 1 saturated heterocycles. The standard InChI is InChI=1S/C14H15BrClN3.ClH/c1-9-6-10-13(12(16)7-9)18-8-11(15)14(10)19-4-2-17-3-5-19;/h6-8,17H,2-5H2,1H3;1H. The maximum absolute atomic E-state index is 6.32. The lowest BCUT2D eigenvalue weighted by atomic mass is 10.1. The Kier molecular flexibility index (Phi) is 5.13. The molecule has 20 heavy (non-hydrogen) atoms. The molecular weight excluding hydrogens is 361 g/mol. The molecule has 108 valence electrons. The van der Waals surface area contributed by atoms with Gasteiger partial charge in [-0.05, 0) is 40.5 Å². The van der Waals surface area contributed by atoms with Gasteiger partial charge in [-0.3, -0.25) is 4.98 Å². The van der Waals surface area contributed by atoms with E-state index in [1.165, 1.54) is 5.69 Å². The minimum Gasteiger partial charge on any atom is -0.367 e. The molecule has 1 aliphatic rings. The Morgan fingerprint density at radius 3 is 2.70 bits per heavy atom. The number of benzene rings is 1. The Hall–Kier alpha value is -0.550. The molecule has 0 spiro atoms. The van der Waals surface area contributed by atoms with Gasteiger partial charge in [-0.15, -0.1) is 12.4 Å². The quantitative estimate of drug-likeness (QED) is 0.820. The van der Waals surface area contributed by atoms with Gasteiger partial charge in [0.05, 0.1) is 20.7 Å². The highest BCUT2D eigenvalue weighted by molar-refractivity contribution is 9.10.